The molecular formula is C26H26F2N4O2S2. The molecule has 0 saturated carbocycles. The van der Waals surface area contributed by atoms with Crippen molar-refractivity contribution in [2.24, 2.45) is 0 Å². The average Bonchev–Trinajstić information content (AvgIpc) is 3.28. The molecule has 0 amide bonds. The lowest BCUT2D eigenvalue weighted by molar-refractivity contribution is -0.0234. The molecule has 0 aliphatic carbocycles. The molecule has 2 heterocycles. The largest absolute Gasteiger partial charge is 0.385 e. The zero-order chi connectivity index (χ0) is 25.7. The fourth-order valence-corrected chi connectivity index (χ4v) is 5.48. The summed E-state index contributed by atoms with van der Waals surface area (Å²) >= 11 is 2.96. The van der Waals surface area contributed by atoms with Gasteiger partial charge in [-0.25, -0.2) is 13.8 Å². The number of nitrogen functional groups attached to an aromatic ring is 1. The van der Waals surface area contributed by atoms with Crippen molar-refractivity contribution >= 4 is 50.6 Å². The van der Waals surface area contributed by atoms with Crippen LogP contribution in [-0.4, -0.2) is 41.4 Å². The summed E-state index contributed by atoms with van der Waals surface area (Å²) in [5.74, 6) is -1.82. The molecule has 1 aliphatic rings. The van der Waals surface area contributed by atoms with Gasteiger partial charge in [0, 0.05) is 29.9 Å². The zero-order valence-electron chi connectivity index (χ0n) is 19.6. The van der Waals surface area contributed by atoms with E-state index >= 15 is 0 Å². The van der Waals surface area contributed by atoms with Crippen molar-refractivity contribution < 1.29 is 18.7 Å². The second-order valence-electron chi connectivity index (χ2n) is 8.54. The Balaban J connectivity index is 0.000000174. The van der Waals surface area contributed by atoms with E-state index in [2.05, 4.69) is 14.6 Å². The first-order valence-corrected chi connectivity index (χ1v) is 12.9. The van der Waals surface area contributed by atoms with E-state index in [1.807, 2.05) is 37.4 Å². The number of para-hydroxylation sites is 1. The van der Waals surface area contributed by atoms with Gasteiger partial charge in [0.25, 0.3) is 0 Å². The molecule has 0 radical (unpaired) electrons. The number of halogens is 2. The lowest BCUT2D eigenvalue weighted by atomic mass is 9.84. The number of nitrogens with zero attached hydrogens (tertiary/aromatic N) is 2. The second kappa shape index (κ2) is 11.3. The number of hydrogen-bond acceptors (Lipinski definition) is 8. The van der Waals surface area contributed by atoms with Gasteiger partial charge in [-0.15, -0.1) is 0 Å². The van der Waals surface area contributed by atoms with Crippen molar-refractivity contribution in [1.82, 2.24) is 9.88 Å². The third-order valence-corrected chi connectivity index (χ3v) is 7.73. The summed E-state index contributed by atoms with van der Waals surface area (Å²) in [7, 11) is 1.95. The summed E-state index contributed by atoms with van der Waals surface area (Å²) in [6, 6.07) is 17.2. The summed E-state index contributed by atoms with van der Waals surface area (Å²) < 4.78 is 31.0. The van der Waals surface area contributed by atoms with Gasteiger partial charge in [-0.05, 0) is 74.3 Å². The summed E-state index contributed by atoms with van der Waals surface area (Å²) in [6.45, 7) is 1.37. The van der Waals surface area contributed by atoms with E-state index in [0.717, 1.165) is 33.2 Å². The van der Waals surface area contributed by atoms with E-state index in [1.165, 1.54) is 35.4 Å². The lowest BCUT2D eigenvalue weighted by Gasteiger charge is -2.37. The van der Waals surface area contributed by atoms with Crippen LogP contribution in [0.25, 0.3) is 10.2 Å². The monoisotopic (exact) mass is 528 g/mol. The van der Waals surface area contributed by atoms with E-state index < -0.39 is 17.2 Å². The molecule has 188 valence electrons. The van der Waals surface area contributed by atoms with Gasteiger partial charge < -0.3 is 20.5 Å². The number of rotatable bonds is 5. The van der Waals surface area contributed by atoms with E-state index in [0.29, 0.717) is 36.6 Å². The minimum absolute atomic E-state index is 0.0839. The molecule has 1 aliphatic heterocycles. The van der Waals surface area contributed by atoms with Gasteiger partial charge in [-0.3, -0.25) is 4.79 Å². The standard InChI is InChI=1S/C14H11N3OS2.C12H15F2NO/c15-14-16-13-11(19-14)2-1-3-12(13)20-17-10-6-4-9(8-18)5-7-10;1-15-7-5-12(16,6-8-15)9-3-2-4-10(13)11(9)14/h1-8,17H,(H2,15,16);2-4,16H,5-8H2,1H3. The number of aliphatic hydroxyl groups is 1. The predicted octanol–water partition coefficient (Wildman–Crippen LogP) is 5.69. The summed E-state index contributed by atoms with van der Waals surface area (Å²) in [4.78, 5) is 18.0. The van der Waals surface area contributed by atoms with Crippen LogP contribution in [0.2, 0.25) is 0 Å². The topological polar surface area (TPSA) is 91.5 Å². The Labute approximate surface area is 216 Å². The van der Waals surface area contributed by atoms with Crippen molar-refractivity contribution in [1.29, 1.82) is 0 Å². The minimum Gasteiger partial charge on any atom is -0.385 e. The molecule has 1 saturated heterocycles. The molecule has 4 N–H and O–H groups in total. The van der Waals surface area contributed by atoms with Crippen LogP contribution in [0.15, 0.2) is 65.6 Å². The van der Waals surface area contributed by atoms with Crippen LogP contribution in [0.1, 0.15) is 28.8 Å². The molecule has 36 heavy (non-hydrogen) atoms. The molecule has 10 heteroatoms. The van der Waals surface area contributed by atoms with E-state index in [1.54, 1.807) is 12.1 Å². The van der Waals surface area contributed by atoms with Crippen LogP contribution in [0, 0.1) is 11.6 Å². The number of anilines is 2. The van der Waals surface area contributed by atoms with Crippen LogP contribution in [0.5, 0.6) is 0 Å². The molecule has 0 bridgehead atoms. The Hall–Kier alpha value is -3.05. The quantitative estimate of drug-likeness (QED) is 0.226. The van der Waals surface area contributed by atoms with Gasteiger partial charge in [0.15, 0.2) is 16.8 Å². The second-order valence-corrected chi connectivity index (χ2v) is 10.4. The van der Waals surface area contributed by atoms with Crippen molar-refractivity contribution in [2.45, 2.75) is 23.3 Å². The number of hydrogen-bond donors (Lipinski definition) is 3. The smallest absolute Gasteiger partial charge is 0.181 e. The Bertz CT molecular complexity index is 1340. The lowest BCUT2D eigenvalue weighted by Crippen LogP contribution is -2.41. The van der Waals surface area contributed by atoms with E-state index in [9.17, 15) is 18.7 Å². The first kappa shape index (κ1) is 26.0. The fraction of sp³-hybridized carbons (Fsp3) is 0.231. The SMILES string of the molecule is CN1CCC(O)(c2cccc(F)c2F)CC1.Nc1nc2c(SNc3ccc(C=O)cc3)cccc2s1. The molecule has 6 nitrogen and oxygen atoms in total. The van der Waals surface area contributed by atoms with Gasteiger partial charge in [0.05, 0.1) is 20.7 Å². The maximum absolute atomic E-state index is 13.6. The molecule has 0 atom stereocenters. The van der Waals surface area contributed by atoms with Crippen molar-refractivity contribution in [3.05, 3.63) is 83.4 Å². The van der Waals surface area contributed by atoms with E-state index in [4.69, 9.17) is 5.73 Å². The number of piperidine rings is 1. The van der Waals surface area contributed by atoms with Crippen LogP contribution in [0.3, 0.4) is 0 Å². The summed E-state index contributed by atoms with van der Waals surface area (Å²) in [5.41, 5.74) is 7.11. The van der Waals surface area contributed by atoms with Crippen LogP contribution in [0.4, 0.5) is 19.6 Å². The molecule has 0 spiro atoms. The third-order valence-electron chi connectivity index (χ3n) is 5.99. The van der Waals surface area contributed by atoms with Gasteiger partial charge in [0.1, 0.15) is 6.29 Å². The molecule has 0 unspecified atom stereocenters. The molecule has 4 aromatic rings. The molecule has 3 aromatic carbocycles. The van der Waals surface area contributed by atoms with E-state index in [-0.39, 0.29) is 5.56 Å². The Morgan fingerprint density at radius 3 is 2.50 bits per heavy atom. The number of fused-ring (bicyclic) bond motifs is 1. The predicted molar refractivity (Wildman–Crippen MR) is 142 cm³/mol. The highest BCUT2D eigenvalue weighted by Gasteiger charge is 2.35. The fourth-order valence-electron chi connectivity index (χ4n) is 3.89. The van der Waals surface area contributed by atoms with Crippen molar-refractivity contribution in [3.63, 3.8) is 0 Å². The maximum atomic E-state index is 13.6. The Morgan fingerprint density at radius 2 is 1.81 bits per heavy atom. The number of aromatic nitrogens is 1. The van der Waals surface area contributed by atoms with Gasteiger partial charge >= 0.3 is 0 Å². The zero-order valence-corrected chi connectivity index (χ0v) is 21.2. The normalized spacial score (nSPS) is 15.2. The van der Waals surface area contributed by atoms with Crippen molar-refractivity contribution in [2.75, 3.05) is 30.6 Å². The molecule has 1 aromatic heterocycles. The van der Waals surface area contributed by atoms with Crippen LogP contribution >= 0.6 is 23.3 Å². The number of likely N-dealkylation sites (tertiary alicyclic amines) is 1. The average molecular weight is 529 g/mol. The maximum Gasteiger partial charge on any atom is 0.181 e. The number of nitrogens with one attached hydrogen (secondary N) is 1. The van der Waals surface area contributed by atoms with Crippen LogP contribution < -0.4 is 10.5 Å². The number of carbonyl (C=O) groups excluding carboxylic acids is 1. The number of thiazole rings is 1. The number of carbonyl (C=O) groups is 1. The highest BCUT2D eigenvalue weighted by atomic mass is 32.2. The number of aldehydes is 1. The third kappa shape index (κ3) is 6.01. The molecule has 1 fully saturated rings. The molecular weight excluding hydrogens is 502 g/mol. The molecule has 5 rings (SSSR count). The van der Waals surface area contributed by atoms with Gasteiger partial charge in [-0.1, -0.05) is 29.5 Å². The van der Waals surface area contributed by atoms with Crippen LogP contribution in [-0.2, 0) is 5.60 Å². The van der Waals surface area contributed by atoms with Crippen molar-refractivity contribution in [3.8, 4) is 0 Å². The first-order chi connectivity index (χ1) is 17.3. The van der Waals surface area contributed by atoms with Gasteiger partial charge in [-0.2, -0.15) is 0 Å². The Kier molecular flexibility index (Phi) is 8.20. The first-order valence-electron chi connectivity index (χ1n) is 11.3. The summed E-state index contributed by atoms with van der Waals surface area (Å²) in [5, 5.41) is 10.9. The number of nitrogens with two attached hydrogens (primary N) is 1. The van der Waals surface area contributed by atoms with Gasteiger partial charge in [0.2, 0.25) is 0 Å². The highest BCUT2D eigenvalue weighted by Crippen LogP contribution is 2.35. The Morgan fingerprint density at radius 1 is 1.11 bits per heavy atom. The minimum atomic E-state index is -1.22. The summed E-state index contributed by atoms with van der Waals surface area (Å²) in [6.07, 6.45) is 1.70. The number of benzene rings is 3. The highest BCUT2D eigenvalue weighted by molar-refractivity contribution is 8.00.